The zero-order valence-corrected chi connectivity index (χ0v) is 19.5. The van der Waals surface area contributed by atoms with E-state index in [0.29, 0.717) is 10.6 Å². The van der Waals surface area contributed by atoms with E-state index >= 15 is 0 Å². The van der Waals surface area contributed by atoms with Crippen molar-refractivity contribution in [3.63, 3.8) is 0 Å². The number of benzene rings is 1. The largest absolute Gasteiger partial charge is 0.365 e. The molecule has 1 aromatic heterocycles. The molecule has 1 aromatic carbocycles. The van der Waals surface area contributed by atoms with Crippen LogP contribution in [-0.2, 0) is 22.9 Å². The number of primary amides is 1. The van der Waals surface area contributed by atoms with Crippen LogP contribution in [0.5, 0.6) is 0 Å². The molecule has 0 saturated carbocycles. The molecule has 33 heavy (non-hydrogen) atoms. The van der Waals surface area contributed by atoms with Crippen LogP contribution in [-0.4, -0.2) is 37.6 Å². The standard InChI is InChI=1S/C22H23N5O4S2/c23-11-3-13-27(14-4-12-24)33(30,31)16-9-7-15(8-10-16)21(29)26-22-19(20(25)28)17-5-1-2-6-18(17)32-22/h7-10H,1-6,13-14H2,(H2,25,28)(H,26,29). The zero-order valence-electron chi connectivity index (χ0n) is 17.8. The first-order valence-corrected chi connectivity index (χ1v) is 12.6. The van der Waals surface area contributed by atoms with Crippen LogP contribution in [0.25, 0.3) is 0 Å². The number of nitrogens with zero attached hydrogens (tertiary/aromatic N) is 3. The molecular weight excluding hydrogens is 462 g/mol. The van der Waals surface area contributed by atoms with E-state index in [1.54, 1.807) is 0 Å². The van der Waals surface area contributed by atoms with Gasteiger partial charge in [-0.2, -0.15) is 14.8 Å². The van der Waals surface area contributed by atoms with Crippen LogP contribution in [0.3, 0.4) is 0 Å². The number of nitriles is 2. The summed E-state index contributed by atoms with van der Waals surface area (Å²) in [5.41, 5.74) is 7.05. The van der Waals surface area contributed by atoms with Gasteiger partial charge in [0, 0.05) is 36.4 Å². The van der Waals surface area contributed by atoms with Gasteiger partial charge in [0.15, 0.2) is 0 Å². The zero-order chi connectivity index (χ0) is 24.0. The van der Waals surface area contributed by atoms with E-state index in [2.05, 4.69) is 5.32 Å². The van der Waals surface area contributed by atoms with Crippen LogP contribution in [0.4, 0.5) is 5.00 Å². The van der Waals surface area contributed by atoms with Gasteiger partial charge in [-0.1, -0.05) is 0 Å². The molecule has 3 N–H and O–H groups in total. The summed E-state index contributed by atoms with van der Waals surface area (Å²) in [7, 11) is -3.93. The maximum Gasteiger partial charge on any atom is 0.256 e. The number of hydrogen-bond donors (Lipinski definition) is 2. The van der Waals surface area contributed by atoms with Crippen molar-refractivity contribution in [3.8, 4) is 12.1 Å². The van der Waals surface area contributed by atoms with E-state index in [9.17, 15) is 18.0 Å². The minimum Gasteiger partial charge on any atom is -0.365 e. The highest BCUT2D eigenvalue weighted by Gasteiger charge is 2.26. The summed E-state index contributed by atoms with van der Waals surface area (Å²) in [6.45, 7) is -0.0522. The van der Waals surface area contributed by atoms with Gasteiger partial charge in [-0.3, -0.25) is 9.59 Å². The Morgan fingerprint density at radius 1 is 1.06 bits per heavy atom. The number of carbonyl (C=O) groups excluding carboxylic acids is 2. The van der Waals surface area contributed by atoms with E-state index in [4.69, 9.17) is 16.3 Å². The molecule has 0 bridgehead atoms. The van der Waals surface area contributed by atoms with Gasteiger partial charge in [0.25, 0.3) is 11.8 Å². The molecule has 2 aromatic rings. The number of aryl methyl sites for hydroxylation is 1. The third-order valence-corrected chi connectivity index (χ3v) is 8.47. The molecular formula is C22H23N5O4S2. The van der Waals surface area contributed by atoms with Crippen molar-refractivity contribution in [2.75, 3.05) is 18.4 Å². The normalized spacial score (nSPS) is 13.1. The van der Waals surface area contributed by atoms with Crippen molar-refractivity contribution in [2.45, 2.75) is 43.4 Å². The first-order chi connectivity index (χ1) is 15.8. The molecule has 0 fully saturated rings. The van der Waals surface area contributed by atoms with Crippen LogP contribution in [0, 0.1) is 22.7 Å². The maximum atomic E-state index is 12.9. The average Bonchev–Trinajstić information content (AvgIpc) is 3.17. The van der Waals surface area contributed by atoms with Gasteiger partial charge in [0.2, 0.25) is 10.0 Å². The van der Waals surface area contributed by atoms with Gasteiger partial charge < -0.3 is 11.1 Å². The van der Waals surface area contributed by atoms with E-state index < -0.39 is 21.8 Å². The number of nitrogens with two attached hydrogens (primary N) is 1. The number of anilines is 1. The minimum absolute atomic E-state index is 0.00185. The van der Waals surface area contributed by atoms with Crippen LogP contribution in [0.2, 0.25) is 0 Å². The predicted molar refractivity (Wildman–Crippen MR) is 123 cm³/mol. The fraction of sp³-hybridized carbons (Fsp3) is 0.364. The Kier molecular flexibility index (Phi) is 7.82. The third-order valence-electron chi connectivity index (χ3n) is 5.35. The predicted octanol–water partition coefficient (Wildman–Crippen LogP) is 2.80. The number of amides is 2. The number of sulfonamides is 1. The van der Waals surface area contributed by atoms with Crippen molar-refractivity contribution in [3.05, 3.63) is 45.8 Å². The molecule has 1 aliphatic carbocycles. The summed E-state index contributed by atoms with van der Waals surface area (Å²) in [6, 6.07) is 9.19. The molecule has 0 radical (unpaired) electrons. The van der Waals surface area contributed by atoms with Crippen molar-refractivity contribution in [1.82, 2.24) is 4.31 Å². The minimum atomic E-state index is -3.93. The lowest BCUT2D eigenvalue weighted by molar-refractivity contribution is 0.100. The van der Waals surface area contributed by atoms with Gasteiger partial charge in [-0.25, -0.2) is 8.42 Å². The van der Waals surface area contributed by atoms with Crippen molar-refractivity contribution in [2.24, 2.45) is 5.73 Å². The Bertz CT molecular complexity index is 1220. The summed E-state index contributed by atoms with van der Waals surface area (Å²) in [5, 5.41) is 20.7. The van der Waals surface area contributed by atoms with Gasteiger partial charge in [0.1, 0.15) is 5.00 Å². The van der Waals surface area contributed by atoms with Gasteiger partial charge >= 0.3 is 0 Å². The number of nitrogens with one attached hydrogen (secondary N) is 1. The summed E-state index contributed by atoms with van der Waals surface area (Å²) < 4.78 is 26.9. The quantitative estimate of drug-likeness (QED) is 0.556. The molecule has 1 aliphatic rings. The molecule has 2 amide bonds. The molecule has 172 valence electrons. The van der Waals surface area contributed by atoms with E-state index in [1.165, 1.54) is 35.6 Å². The van der Waals surface area contributed by atoms with Crippen LogP contribution < -0.4 is 11.1 Å². The first-order valence-electron chi connectivity index (χ1n) is 10.4. The molecule has 1 heterocycles. The Hall–Kier alpha value is -3.25. The second-order valence-corrected chi connectivity index (χ2v) is 10.5. The van der Waals surface area contributed by atoms with Crippen LogP contribution in [0.1, 0.15) is 56.8 Å². The summed E-state index contributed by atoms with van der Waals surface area (Å²) >= 11 is 1.35. The Balaban J connectivity index is 1.81. The fourth-order valence-electron chi connectivity index (χ4n) is 3.72. The number of carbonyl (C=O) groups is 2. The van der Waals surface area contributed by atoms with Crippen LogP contribution in [0.15, 0.2) is 29.2 Å². The molecule has 0 atom stereocenters. The van der Waals surface area contributed by atoms with Crippen LogP contribution >= 0.6 is 11.3 Å². The first kappa shape index (κ1) is 24.4. The monoisotopic (exact) mass is 485 g/mol. The Morgan fingerprint density at radius 3 is 2.24 bits per heavy atom. The second-order valence-electron chi connectivity index (χ2n) is 7.48. The van der Waals surface area contributed by atoms with Gasteiger partial charge in [-0.15, -0.1) is 11.3 Å². The lowest BCUT2D eigenvalue weighted by Crippen LogP contribution is -2.32. The number of fused-ring (bicyclic) bond motifs is 1. The van der Waals surface area contributed by atoms with Crippen molar-refractivity contribution >= 4 is 38.2 Å². The van der Waals surface area contributed by atoms with E-state index in [1.807, 2.05) is 12.1 Å². The van der Waals surface area contributed by atoms with E-state index in [0.717, 1.165) is 40.4 Å². The Labute approximate surface area is 196 Å². The maximum absolute atomic E-state index is 12.9. The fourth-order valence-corrected chi connectivity index (χ4v) is 6.45. The topological polar surface area (TPSA) is 157 Å². The molecule has 0 saturated heterocycles. The Morgan fingerprint density at radius 2 is 1.67 bits per heavy atom. The summed E-state index contributed by atoms with van der Waals surface area (Å²) in [5.74, 6) is -1.06. The third kappa shape index (κ3) is 5.40. The summed E-state index contributed by atoms with van der Waals surface area (Å²) in [6.07, 6.45) is 3.58. The molecule has 0 unspecified atom stereocenters. The molecule has 0 spiro atoms. The van der Waals surface area contributed by atoms with Gasteiger partial charge in [0.05, 0.1) is 22.6 Å². The number of rotatable bonds is 9. The highest BCUT2D eigenvalue weighted by Crippen LogP contribution is 2.38. The van der Waals surface area contributed by atoms with E-state index in [-0.39, 0.29) is 36.4 Å². The number of hydrogen-bond acceptors (Lipinski definition) is 7. The van der Waals surface area contributed by atoms with Gasteiger partial charge in [-0.05, 0) is 55.5 Å². The van der Waals surface area contributed by atoms with Crippen molar-refractivity contribution in [1.29, 1.82) is 10.5 Å². The average molecular weight is 486 g/mol. The molecule has 11 heteroatoms. The lowest BCUT2D eigenvalue weighted by atomic mass is 9.95. The molecule has 3 rings (SSSR count). The van der Waals surface area contributed by atoms with Crippen molar-refractivity contribution < 1.29 is 18.0 Å². The number of thiophene rings is 1. The molecule has 0 aliphatic heterocycles. The smallest absolute Gasteiger partial charge is 0.256 e. The molecule has 9 nitrogen and oxygen atoms in total. The SMILES string of the molecule is N#CCCN(CCC#N)S(=O)(=O)c1ccc(C(=O)Nc2sc3c(c2C(N)=O)CCCC3)cc1. The summed E-state index contributed by atoms with van der Waals surface area (Å²) in [4.78, 5) is 25.8. The second kappa shape index (κ2) is 10.6. The highest BCUT2D eigenvalue weighted by atomic mass is 32.2. The highest BCUT2D eigenvalue weighted by molar-refractivity contribution is 7.89. The lowest BCUT2D eigenvalue weighted by Gasteiger charge is -2.20.